The van der Waals surface area contributed by atoms with Crippen molar-refractivity contribution in [3.8, 4) is 0 Å². The Morgan fingerprint density at radius 3 is 3.00 bits per heavy atom. The molecule has 1 aromatic heterocycles. The van der Waals surface area contributed by atoms with Crippen molar-refractivity contribution in [2.45, 2.75) is 45.1 Å². The van der Waals surface area contributed by atoms with Gasteiger partial charge in [-0.2, -0.15) is 0 Å². The second-order valence-corrected chi connectivity index (χ2v) is 6.68. The van der Waals surface area contributed by atoms with Crippen LogP contribution in [0.1, 0.15) is 37.5 Å². The van der Waals surface area contributed by atoms with E-state index < -0.39 is 0 Å². The van der Waals surface area contributed by atoms with Gasteiger partial charge in [-0.3, -0.25) is 0 Å². The molecular formula is C13H20ClNS. The first-order valence-corrected chi connectivity index (χ1v) is 7.41. The molecule has 2 atom stereocenters. The van der Waals surface area contributed by atoms with Gasteiger partial charge in [0.1, 0.15) is 0 Å². The van der Waals surface area contributed by atoms with Crippen molar-refractivity contribution in [1.29, 1.82) is 0 Å². The van der Waals surface area contributed by atoms with Crippen molar-refractivity contribution >= 4 is 22.9 Å². The summed E-state index contributed by atoms with van der Waals surface area (Å²) in [5.41, 5.74) is 0. The van der Waals surface area contributed by atoms with E-state index in [-0.39, 0.29) is 0 Å². The molecule has 1 aliphatic carbocycles. The lowest BCUT2D eigenvalue weighted by Crippen LogP contribution is -2.34. The van der Waals surface area contributed by atoms with Crippen LogP contribution in [0.5, 0.6) is 0 Å². The molecule has 0 bridgehead atoms. The van der Waals surface area contributed by atoms with Crippen LogP contribution in [0.4, 0.5) is 0 Å². The van der Waals surface area contributed by atoms with Crippen molar-refractivity contribution in [3.05, 3.63) is 21.3 Å². The lowest BCUT2D eigenvalue weighted by atomic mass is 9.87. The zero-order valence-corrected chi connectivity index (χ0v) is 11.4. The topological polar surface area (TPSA) is 12.0 Å². The van der Waals surface area contributed by atoms with Gasteiger partial charge in [0, 0.05) is 17.5 Å². The van der Waals surface area contributed by atoms with Crippen molar-refractivity contribution in [1.82, 2.24) is 5.32 Å². The summed E-state index contributed by atoms with van der Waals surface area (Å²) in [5, 5.41) is 3.67. The SMILES string of the molecule is CC1CCCC(NCCc2ccc(Cl)s2)C1. The largest absolute Gasteiger partial charge is 0.314 e. The number of thiophene rings is 1. The summed E-state index contributed by atoms with van der Waals surface area (Å²) in [6, 6.07) is 4.88. The van der Waals surface area contributed by atoms with Crippen molar-refractivity contribution in [2.75, 3.05) is 6.54 Å². The number of rotatable bonds is 4. The van der Waals surface area contributed by atoms with Crippen LogP contribution in [0.15, 0.2) is 12.1 Å². The normalized spacial score (nSPS) is 25.9. The molecule has 0 spiro atoms. The zero-order valence-electron chi connectivity index (χ0n) is 9.84. The fourth-order valence-corrected chi connectivity index (χ4v) is 3.59. The quantitative estimate of drug-likeness (QED) is 0.856. The molecule has 0 aromatic carbocycles. The number of nitrogens with one attached hydrogen (secondary N) is 1. The van der Waals surface area contributed by atoms with E-state index in [0.29, 0.717) is 0 Å². The molecule has 1 heterocycles. The van der Waals surface area contributed by atoms with E-state index in [1.807, 2.05) is 6.07 Å². The lowest BCUT2D eigenvalue weighted by Gasteiger charge is -2.27. The molecule has 2 unspecified atom stereocenters. The van der Waals surface area contributed by atoms with Gasteiger partial charge in [0.05, 0.1) is 4.34 Å². The monoisotopic (exact) mass is 257 g/mol. The van der Waals surface area contributed by atoms with Gasteiger partial charge in [0.15, 0.2) is 0 Å². The predicted molar refractivity (Wildman–Crippen MR) is 72.5 cm³/mol. The van der Waals surface area contributed by atoms with Crippen LogP contribution in [-0.2, 0) is 6.42 Å². The average molecular weight is 258 g/mol. The molecule has 0 saturated heterocycles. The fraction of sp³-hybridized carbons (Fsp3) is 0.692. The molecule has 1 fully saturated rings. The minimum atomic E-state index is 0.749. The van der Waals surface area contributed by atoms with Crippen LogP contribution in [0.25, 0.3) is 0 Å². The van der Waals surface area contributed by atoms with Gasteiger partial charge in [-0.25, -0.2) is 0 Å². The van der Waals surface area contributed by atoms with Crippen LogP contribution in [0, 0.1) is 5.92 Å². The highest BCUT2D eigenvalue weighted by molar-refractivity contribution is 7.16. The molecule has 0 aliphatic heterocycles. The van der Waals surface area contributed by atoms with E-state index in [0.717, 1.165) is 29.3 Å². The van der Waals surface area contributed by atoms with Crippen molar-refractivity contribution < 1.29 is 0 Å². The molecule has 1 saturated carbocycles. The maximum Gasteiger partial charge on any atom is 0.0931 e. The molecule has 1 N–H and O–H groups in total. The first-order chi connectivity index (χ1) is 7.74. The third-order valence-electron chi connectivity index (χ3n) is 3.37. The van der Waals surface area contributed by atoms with E-state index >= 15 is 0 Å². The Bertz CT molecular complexity index is 323. The zero-order chi connectivity index (χ0) is 11.4. The van der Waals surface area contributed by atoms with E-state index in [9.17, 15) is 0 Å². The fourth-order valence-electron chi connectivity index (χ4n) is 2.51. The second kappa shape index (κ2) is 6.04. The summed E-state index contributed by atoms with van der Waals surface area (Å²) >= 11 is 7.61. The van der Waals surface area contributed by atoms with Gasteiger partial charge in [-0.05, 0) is 37.3 Å². The number of hydrogen-bond acceptors (Lipinski definition) is 2. The highest BCUT2D eigenvalue weighted by Gasteiger charge is 2.17. The third kappa shape index (κ3) is 3.76. The summed E-state index contributed by atoms with van der Waals surface area (Å²) in [7, 11) is 0. The van der Waals surface area contributed by atoms with Gasteiger partial charge < -0.3 is 5.32 Å². The average Bonchev–Trinajstić information content (AvgIpc) is 2.64. The Labute approximate surface area is 107 Å². The maximum atomic E-state index is 5.91. The Kier molecular flexibility index (Phi) is 4.68. The third-order valence-corrected chi connectivity index (χ3v) is 4.66. The molecule has 0 radical (unpaired) electrons. The minimum absolute atomic E-state index is 0.749. The predicted octanol–water partition coefficient (Wildman–Crippen LogP) is 4.11. The Morgan fingerprint density at radius 2 is 2.31 bits per heavy atom. The maximum absolute atomic E-state index is 5.91. The van der Waals surface area contributed by atoms with Gasteiger partial charge in [-0.1, -0.05) is 31.4 Å². The summed E-state index contributed by atoms with van der Waals surface area (Å²) in [6.07, 6.45) is 6.63. The van der Waals surface area contributed by atoms with Crippen LogP contribution in [0.3, 0.4) is 0 Å². The highest BCUT2D eigenvalue weighted by Crippen LogP contribution is 2.24. The molecular weight excluding hydrogens is 238 g/mol. The van der Waals surface area contributed by atoms with Crippen molar-refractivity contribution in [2.24, 2.45) is 5.92 Å². The van der Waals surface area contributed by atoms with Crippen molar-refractivity contribution in [3.63, 3.8) is 0 Å². The van der Waals surface area contributed by atoms with Crippen LogP contribution in [0.2, 0.25) is 4.34 Å². The van der Waals surface area contributed by atoms with E-state index in [1.165, 1.54) is 30.6 Å². The molecule has 0 amide bonds. The second-order valence-electron chi connectivity index (χ2n) is 4.88. The smallest absolute Gasteiger partial charge is 0.0931 e. The van der Waals surface area contributed by atoms with E-state index in [2.05, 4.69) is 18.3 Å². The molecule has 1 nitrogen and oxygen atoms in total. The molecule has 3 heteroatoms. The van der Waals surface area contributed by atoms with E-state index in [1.54, 1.807) is 11.3 Å². The summed E-state index contributed by atoms with van der Waals surface area (Å²) < 4.78 is 0.904. The van der Waals surface area contributed by atoms with Gasteiger partial charge >= 0.3 is 0 Å². The molecule has 90 valence electrons. The Hall–Kier alpha value is -0.0500. The van der Waals surface area contributed by atoms with E-state index in [4.69, 9.17) is 11.6 Å². The van der Waals surface area contributed by atoms with Gasteiger partial charge in [0.25, 0.3) is 0 Å². The Balaban J connectivity index is 1.67. The first kappa shape index (κ1) is 12.4. The van der Waals surface area contributed by atoms with Crippen LogP contribution in [-0.4, -0.2) is 12.6 Å². The molecule has 16 heavy (non-hydrogen) atoms. The highest BCUT2D eigenvalue weighted by atomic mass is 35.5. The number of hydrogen-bond donors (Lipinski definition) is 1. The Morgan fingerprint density at radius 1 is 1.44 bits per heavy atom. The van der Waals surface area contributed by atoms with Gasteiger partial charge in [-0.15, -0.1) is 11.3 Å². The van der Waals surface area contributed by atoms with Crippen LogP contribution >= 0.6 is 22.9 Å². The number of halogens is 1. The molecule has 2 rings (SSSR count). The lowest BCUT2D eigenvalue weighted by molar-refractivity contribution is 0.303. The molecule has 1 aromatic rings. The standard InChI is InChI=1S/C13H20ClNS/c1-10-3-2-4-11(9-10)15-8-7-12-5-6-13(14)16-12/h5-6,10-11,15H,2-4,7-9H2,1H3. The molecule has 1 aliphatic rings. The summed E-state index contributed by atoms with van der Waals surface area (Å²) in [5.74, 6) is 0.905. The van der Waals surface area contributed by atoms with Crippen LogP contribution < -0.4 is 5.32 Å². The first-order valence-electron chi connectivity index (χ1n) is 6.21. The minimum Gasteiger partial charge on any atom is -0.314 e. The summed E-state index contributed by atoms with van der Waals surface area (Å²) in [4.78, 5) is 1.39. The summed E-state index contributed by atoms with van der Waals surface area (Å²) in [6.45, 7) is 3.46. The van der Waals surface area contributed by atoms with Gasteiger partial charge in [0.2, 0.25) is 0 Å².